The second-order valence-electron chi connectivity index (χ2n) is 4.33. The number of hydrogen-bond donors (Lipinski definition) is 1. The van der Waals surface area contributed by atoms with Crippen molar-refractivity contribution in [3.8, 4) is 5.75 Å². The van der Waals surface area contributed by atoms with Crippen molar-refractivity contribution in [2.75, 3.05) is 6.61 Å². The van der Waals surface area contributed by atoms with Crippen LogP contribution in [0.1, 0.15) is 11.1 Å². The van der Waals surface area contributed by atoms with Gasteiger partial charge in [0.15, 0.2) is 6.61 Å². The molecule has 0 unspecified atom stereocenters. The van der Waals surface area contributed by atoms with E-state index in [0.717, 1.165) is 5.56 Å². The zero-order chi connectivity index (χ0) is 14.6. The van der Waals surface area contributed by atoms with Crippen LogP contribution in [0.5, 0.6) is 5.75 Å². The Labute approximate surface area is 121 Å². The van der Waals surface area contributed by atoms with Gasteiger partial charge in [0.2, 0.25) is 0 Å². The van der Waals surface area contributed by atoms with E-state index in [1.54, 1.807) is 36.4 Å². The molecule has 2 N–H and O–H groups in total. The maximum Gasteiger partial charge on any atom is 0.306 e. The summed E-state index contributed by atoms with van der Waals surface area (Å²) in [6.45, 7) is -0.432. The number of benzene rings is 2. The van der Waals surface area contributed by atoms with Gasteiger partial charge in [0.25, 0.3) is 0 Å². The topological polar surface area (TPSA) is 35.2 Å². The van der Waals surface area contributed by atoms with Gasteiger partial charge in [0.05, 0.1) is 5.02 Å². The fraction of sp³-hybridized carbons (Fsp3) is 0.200. The van der Waals surface area contributed by atoms with E-state index < -0.39 is 12.5 Å². The van der Waals surface area contributed by atoms with Gasteiger partial charge in [-0.05, 0) is 17.7 Å². The molecule has 0 aliphatic heterocycles. The lowest BCUT2D eigenvalue weighted by Crippen LogP contribution is -2.23. The van der Waals surface area contributed by atoms with E-state index in [-0.39, 0.29) is 16.3 Å². The van der Waals surface area contributed by atoms with Crippen LogP contribution in [0.2, 0.25) is 5.02 Å². The molecule has 2 rings (SSSR count). The second-order valence-corrected chi connectivity index (χ2v) is 4.74. The van der Waals surface area contributed by atoms with Crippen LogP contribution in [0.15, 0.2) is 48.5 Å². The lowest BCUT2D eigenvalue weighted by Gasteiger charge is -2.18. The van der Waals surface area contributed by atoms with E-state index in [0.29, 0.717) is 6.54 Å². The second kappa shape index (κ2) is 6.20. The van der Waals surface area contributed by atoms with Gasteiger partial charge in [-0.15, -0.1) is 0 Å². The number of alkyl halides is 2. The number of nitrogens with two attached hydrogens (primary N) is 1. The van der Waals surface area contributed by atoms with Crippen LogP contribution in [-0.4, -0.2) is 6.61 Å². The predicted octanol–water partition coefficient (Wildman–Crippen LogP) is 3.97. The molecule has 0 bridgehead atoms. The molecule has 2 nitrogen and oxygen atoms in total. The normalized spacial score (nSPS) is 11.4. The first kappa shape index (κ1) is 14.8. The van der Waals surface area contributed by atoms with Crippen molar-refractivity contribution in [1.29, 1.82) is 0 Å². The third-order valence-electron chi connectivity index (χ3n) is 2.84. The standard InChI is InChI=1S/C15H14ClF2NO/c16-13-8-11(9-19)6-7-14(13)20-10-15(17,18)12-4-2-1-3-5-12/h1-8H,9-10,19H2. The molecule has 0 atom stereocenters. The van der Waals surface area contributed by atoms with Gasteiger partial charge in [-0.1, -0.05) is 48.0 Å². The van der Waals surface area contributed by atoms with Gasteiger partial charge in [-0.2, -0.15) is 8.78 Å². The summed E-state index contributed by atoms with van der Waals surface area (Å²) < 4.78 is 33.0. The third-order valence-corrected chi connectivity index (χ3v) is 3.13. The Morgan fingerprint density at radius 1 is 1.10 bits per heavy atom. The monoisotopic (exact) mass is 297 g/mol. The highest BCUT2D eigenvalue weighted by atomic mass is 35.5. The molecular weight excluding hydrogens is 284 g/mol. The van der Waals surface area contributed by atoms with Crippen LogP contribution in [-0.2, 0) is 12.5 Å². The average molecular weight is 298 g/mol. The highest BCUT2D eigenvalue weighted by molar-refractivity contribution is 6.32. The van der Waals surface area contributed by atoms with Crippen LogP contribution in [0.25, 0.3) is 0 Å². The van der Waals surface area contributed by atoms with E-state index >= 15 is 0 Å². The molecule has 2 aromatic carbocycles. The molecule has 0 heterocycles. The van der Waals surface area contributed by atoms with E-state index in [9.17, 15) is 8.78 Å². The molecule has 5 heteroatoms. The van der Waals surface area contributed by atoms with Crippen molar-refractivity contribution in [2.24, 2.45) is 5.73 Å². The highest BCUT2D eigenvalue weighted by Gasteiger charge is 2.32. The molecule has 0 saturated heterocycles. The van der Waals surface area contributed by atoms with Crippen molar-refractivity contribution in [3.63, 3.8) is 0 Å². The van der Waals surface area contributed by atoms with Crippen LogP contribution in [0.4, 0.5) is 8.78 Å². The molecule has 0 radical (unpaired) electrons. The van der Waals surface area contributed by atoms with Crippen molar-refractivity contribution in [3.05, 3.63) is 64.7 Å². The Hall–Kier alpha value is -1.65. The zero-order valence-electron chi connectivity index (χ0n) is 10.7. The van der Waals surface area contributed by atoms with Gasteiger partial charge in [0, 0.05) is 12.1 Å². The first-order chi connectivity index (χ1) is 9.53. The molecule has 0 saturated carbocycles. The highest BCUT2D eigenvalue weighted by Crippen LogP contribution is 2.31. The maximum atomic E-state index is 13.9. The Bertz CT molecular complexity index is 575. The van der Waals surface area contributed by atoms with Crippen molar-refractivity contribution in [2.45, 2.75) is 12.5 Å². The summed E-state index contributed by atoms with van der Waals surface area (Å²) in [4.78, 5) is 0. The quantitative estimate of drug-likeness (QED) is 0.906. The first-order valence-electron chi connectivity index (χ1n) is 6.07. The Morgan fingerprint density at radius 3 is 2.40 bits per heavy atom. The lowest BCUT2D eigenvalue weighted by molar-refractivity contribution is -0.0466. The Kier molecular flexibility index (Phi) is 4.57. The molecule has 0 fully saturated rings. The number of hydrogen-bond acceptors (Lipinski definition) is 2. The van der Waals surface area contributed by atoms with E-state index in [1.165, 1.54) is 12.1 Å². The molecule has 2 aromatic rings. The van der Waals surface area contributed by atoms with E-state index in [1.807, 2.05) is 0 Å². The fourth-order valence-corrected chi connectivity index (χ4v) is 1.98. The molecule has 0 amide bonds. The Morgan fingerprint density at radius 2 is 1.80 bits per heavy atom. The van der Waals surface area contributed by atoms with Crippen LogP contribution in [0, 0.1) is 0 Å². The summed E-state index contributed by atoms with van der Waals surface area (Å²) >= 11 is 5.96. The van der Waals surface area contributed by atoms with E-state index in [2.05, 4.69) is 0 Å². The third kappa shape index (κ3) is 3.46. The summed E-state index contributed by atoms with van der Waals surface area (Å²) in [6, 6.07) is 12.4. The minimum Gasteiger partial charge on any atom is -0.485 e. The van der Waals surface area contributed by atoms with Crippen molar-refractivity contribution in [1.82, 2.24) is 0 Å². The van der Waals surface area contributed by atoms with Crippen LogP contribution < -0.4 is 10.5 Å². The molecule has 0 aliphatic rings. The Balaban J connectivity index is 2.08. The maximum absolute atomic E-state index is 13.9. The molecule has 0 spiro atoms. The molecule has 20 heavy (non-hydrogen) atoms. The van der Waals surface area contributed by atoms with Crippen molar-refractivity contribution >= 4 is 11.6 Å². The molecular formula is C15H14ClF2NO. The van der Waals surface area contributed by atoms with Crippen LogP contribution >= 0.6 is 11.6 Å². The fourth-order valence-electron chi connectivity index (χ4n) is 1.72. The van der Waals surface area contributed by atoms with Gasteiger partial charge >= 0.3 is 5.92 Å². The minimum absolute atomic E-state index is 0.0882. The summed E-state index contributed by atoms with van der Waals surface area (Å²) in [7, 11) is 0. The van der Waals surface area contributed by atoms with Gasteiger partial charge in [0.1, 0.15) is 5.75 Å². The summed E-state index contributed by atoms with van der Waals surface area (Å²) in [5, 5.41) is 0.275. The van der Waals surface area contributed by atoms with Crippen molar-refractivity contribution < 1.29 is 13.5 Å². The molecule has 0 aliphatic carbocycles. The van der Waals surface area contributed by atoms with Crippen LogP contribution in [0.3, 0.4) is 0 Å². The predicted molar refractivity (Wildman–Crippen MR) is 75.2 cm³/mol. The smallest absolute Gasteiger partial charge is 0.306 e. The number of ether oxygens (including phenoxy) is 1. The average Bonchev–Trinajstić information content (AvgIpc) is 2.47. The minimum atomic E-state index is -3.07. The molecule has 106 valence electrons. The zero-order valence-corrected chi connectivity index (χ0v) is 11.4. The number of halogens is 3. The molecule has 0 aromatic heterocycles. The van der Waals surface area contributed by atoms with Gasteiger partial charge in [-0.3, -0.25) is 0 Å². The SMILES string of the molecule is NCc1ccc(OCC(F)(F)c2ccccc2)c(Cl)c1. The summed E-state index contributed by atoms with van der Waals surface area (Å²) in [5.41, 5.74) is 6.20. The lowest BCUT2D eigenvalue weighted by atomic mass is 10.1. The largest absolute Gasteiger partial charge is 0.485 e. The first-order valence-corrected chi connectivity index (χ1v) is 6.45. The summed E-state index contributed by atoms with van der Waals surface area (Å²) in [5.74, 6) is -2.85. The van der Waals surface area contributed by atoms with Gasteiger partial charge < -0.3 is 10.5 Å². The van der Waals surface area contributed by atoms with Gasteiger partial charge in [-0.25, -0.2) is 0 Å². The summed E-state index contributed by atoms with van der Waals surface area (Å²) in [6.07, 6.45) is 0. The number of rotatable bonds is 5. The van der Waals surface area contributed by atoms with E-state index in [4.69, 9.17) is 22.1 Å².